The highest BCUT2D eigenvalue weighted by atomic mass is 35.5. The van der Waals surface area contributed by atoms with E-state index >= 15 is 0 Å². The van der Waals surface area contributed by atoms with Crippen LogP contribution in [0.2, 0.25) is 5.02 Å². The van der Waals surface area contributed by atoms with Crippen molar-refractivity contribution in [3.05, 3.63) is 23.2 Å². The largest absolute Gasteiger partial charge is 0.398 e. The number of hydrogen-bond acceptors (Lipinski definition) is 4. The molecule has 0 aromatic heterocycles. The SMILES string of the molecule is Nc1ccc(N2CCN(CC=O)CC2)cc1Cl. The molecule has 2 rings (SSSR count). The van der Waals surface area contributed by atoms with Gasteiger partial charge in [-0.25, -0.2) is 0 Å². The Morgan fingerprint density at radius 1 is 1.29 bits per heavy atom. The number of carbonyl (C=O) groups is 1. The summed E-state index contributed by atoms with van der Waals surface area (Å²) in [4.78, 5) is 14.8. The number of nitrogens with two attached hydrogens (primary N) is 1. The van der Waals surface area contributed by atoms with Crippen LogP contribution in [-0.2, 0) is 4.79 Å². The number of hydrogen-bond donors (Lipinski definition) is 1. The normalized spacial score (nSPS) is 17.1. The monoisotopic (exact) mass is 253 g/mol. The molecule has 5 heteroatoms. The van der Waals surface area contributed by atoms with Crippen molar-refractivity contribution in [3.63, 3.8) is 0 Å². The highest BCUT2D eigenvalue weighted by Crippen LogP contribution is 2.25. The fourth-order valence-corrected chi connectivity index (χ4v) is 2.18. The van der Waals surface area contributed by atoms with E-state index in [1.54, 1.807) is 0 Å². The van der Waals surface area contributed by atoms with E-state index in [0.29, 0.717) is 17.3 Å². The lowest BCUT2D eigenvalue weighted by Gasteiger charge is -2.35. The standard InChI is InChI=1S/C12H16ClN3O/c13-11-9-10(1-2-12(11)14)16-5-3-15(4-6-16)7-8-17/h1-2,8-9H,3-7,14H2. The fourth-order valence-electron chi connectivity index (χ4n) is 2.01. The molecule has 92 valence electrons. The number of halogens is 1. The summed E-state index contributed by atoms with van der Waals surface area (Å²) in [7, 11) is 0. The van der Waals surface area contributed by atoms with Crippen molar-refractivity contribution in [1.82, 2.24) is 4.90 Å². The molecule has 4 nitrogen and oxygen atoms in total. The molecule has 1 aromatic carbocycles. The van der Waals surface area contributed by atoms with E-state index in [-0.39, 0.29) is 0 Å². The molecule has 2 N–H and O–H groups in total. The van der Waals surface area contributed by atoms with E-state index in [9.17, 15) is 4.79 Å². The summed E-state index contributed by atoms with van der Waals surface area (Å²) in [6.45, 7) is 4.15. The molecule has 1 heterocycles. The van der Waals surface area contributed by atoms with Gasteiger partial charge in [-0.2, -0.15) is 0 Å². The maximum atomic E-state index is 10.4. The Morgan fingerprint density at radius 2 is 2.00 bits per heavy atom. The van der Waals surface area contributed by atoms with Crippen molar-refractivity contribution < 1.29 is 4.79 Å². The minimum atomic E-state index is 0.524. The molecule has 0 spiro atoms. The second kappa shape index (κ2) is 5.38. The third-order valence-electron chi connectivity index (χ3n) is 3.05. The number of anilines is 2. The van der Waals surface area contributed by atoms with Crippen LogP contribution in [0.5, 0.6) is 0 Å². The molecule has 17 heavy (non-hydrogen) atoms. The lowest BCUT2D eigenvalue weighted by Crippen LogP contribution is -2.46. The van der Waals surface area contributed by atoms with Crippen LogP contribution in [0.1, 0.15) is 0 Å². The quantitative estimate of drug-likeness (QED) is 0.651. The lowest BCUT2D eigenvalue weighted by atomic mass is 10.2. The van der Waals surface area contributed by atoms with Crippen molar-refractivity contribution in [3.8, 4) is 0 Å². The minimum Gasteiger partial charge on any atom is -0.398 e. The smallest absolute Gasteiger partial charge is 0.133 e. The van der Waals surface area contributed by atoms with Gasteiger partial charge in [-0.1, -0.05) is 11.6 Å². The summed E-state index contributed by atoms with van der Waals surface area (Å²) >= 11 is 6.00. The average molecular weight is 254 g/mol. The highest BCUT2D eigenvalue weighted by Gasteiger charge is 2.16. The number of nitrogens with zero attached hydrogens (tertiary/aromatic N) is 2. The van der Waals surface area contributed by atoms with Crippen LogP contribution in [0, 0.1) is 0 Å². The first-order valence-corrected chi connectivity index (χ1v) is 6.04. The Hall–Kier alpha value is -1.26. The van der Waals surface area contributed by atoms with Gasteiger partial charge in [-0.3, -0.25) is 4.90 Å². The first kappa shape index (κ1) is 12.2. The van der Waals surface area contributed by atoms with Gasteiger partial charge in [-0.05, 0) is 18.2 Å². The summed E-state index contributed by atoms with van der Waals surface area (Å²) in [6, 6.07) is 5.71. The number of benzene rings is 1. The van der Waals surface area contributed by atoms with Gasteiger partial charge < -0.3 is 15.4 Å². The molecular formula is C12H16ClN3O. The molecular weight excluding hydrogens is 238 g/mol. The molecule has 1 aliphatic rings. The number of rotatable bonds is 3. The molecule has 1 aromatic rings. The summed E-state index contributed by atoms with van der Waals surface area (Å²) in [5.74, 6) is 0. The van der Waals surface area contributed by atoms with Crippen molar-refractivity contribution in [2.24, 2.45) is 0 Å². The van der Waals surface area contributed by atoms with Gasteiger partial charge in [0.05, 0.1) is 17.3 Å². The van der Waals surface area contributed by atoms with Gasteiger partial charge in [0.2, 0.25) is 0 Å². The van der Waals surface area contributed by atoms with Crippen LogP contribution in [0.3, 0.4) is 0 Å². The first-order chi connectivity index (χ1) is 8.20. The number of piperazine rings is 1. The molecule has 0 unspecified atom stereocenters. The Morgan fingerprint density at radius 3 is 2.59 bits per heavy atom. The maximum absolute atomic E-state index is 10.4. The van der Waals surface area contributed by atoms with Crippen molar-refractivity contribution in [2.45, 2.75) is 0 Å². The van der Waals surface area contributed by atoms with Crippen LogP contribution in [0.4, 0.5) is 11.4 Å². The van der Waals surface area contributed by atoms with Crippen molar-refractivity contribution in [2.75, 3.05) is 43.4 Å². The minimum absolute atomic E-state index is 0.524. The van der Waals surface area contributed by atoms with Crippen LogP contribution < -0.4 is 10.6 Å². The summed E-state index contributed by atoms with van der Waals surface area (Å²) < 4.78 is 0. The zero-order valence-electron chi connectivity index (χ0n) is 9.60. The molecule has 0 bridgehead atoms. The fraction of sp³-hybridized carbons (Fsp3) is 0.417. The first-order valence-electron chi connectivity index (χ1n) is 5.66. The Kier molecular flexibility index (Phi) is 3.86. The third kappa shape index (κ3) is 2.90. The van der Waals surface area contributed by atoms with E-state index in [4.69, 9.17) is 17.3 Å². The zero-order valence-corrected chi connectivity index (χ0v) is 10.4. The van der Waals surface area contributed by atoms with Crippen LogP contribution in [0.15, 0.2) is 18.2 Å². The Bertz CT molecular complexity index is 403. The number of aldehydes is 1. The zero-order chi connectivity index (χ0) is 12.3. The second-order valence-electron chi connectivity index (χ2n) is 4.16. The van der Waals surface area contributed by atoms with E-state index < -0.39 is 0 Å². The summed E-state index contributed by atoms with van der Waals surface area (Å²) in [6.07, 6.45) is 0.954. The molecule has 1 saturated heterocycles. The van der Waals surface area contributed by atoms with Gasteiger partial charge in [-0.15, -0.1) is 0 Å². The number of nitrogen functional groups attached to an aromatic ring is 1. The lowest BCUT2D eigenvalue weighted by molar-refractivity contribution is -0.108. The molecule has 0 amide bonds. The van der Waals surface area contributed by atoms with Crippen LogP contribution in [-0.4, -0.2) is 43.9 Å². The van der Waals surface area contributed by atoms with E-state index in [2.05, 4.69) is 9.80 Å². The average Bonchev–Trinajstić information content (AvgIpc) is 2.34. The predicted molar refractivity (Wildman–Crippen MR) is 70.6 cm³/mol. The van der Waals surface area contributed by atoms with E-state index in [1.807, 2.05) is 18.2 Å². The summed E-state index contributed by atoms with van der Waals surface area (Å²) in [5, 5.41) is 0.595. The second-order valence-corrected chi connectivity index (χ2v) is 4.57. The molecule has 0 aliphatic carbocycles. The van der Waals surface area contributed by atoms with Crippen LogP contribution in [0.25, 0.3) is 0 Å². The van der Waals surface area contributed by atoms with Crippen LogP contribution >= 0.6 is 11.6 Å². The van der Waals surface area contributed by atoms with Gasteiger partial charge >= 0.3 is 0 Å². The van der Waals surface area contributed by atoms with Crippen molar-refractivity contribution in [1.29, 1.82) is 0 Å². The Labute approximate surface area is 106 Å². The predicted octanol–water partition coefficient (Wildman–Crippen LogP) is 1.24. The molecule has 1 fully saturated rings. The third-order valence-corrected chi connectivity index (χ3v) is 3.38. The number of carbonyl (C=O) groups excluding carboxylic acids is 1. The van der Waals surface area contributed by atoms with E-state index in [0.717, 1.165) is 38.2 Å². The van der Waals surface area contributed by atoms with Gasteiger partial charge in [0.25, 0.3) is 0 Å². The summed E-state index contributed by atoms with van der Waals surface area (Å²) in [5.41, 5.74) is 7.38. The van der Waals surface area contributed by atoms with Gasteiger partial charge in [0.1, 0.15) is 6.29 Å². The van der Waals surface area contributed by atoms with E-state index in [1.165, 1.54) is 0 Å². The topological polar surface area (TPSA) is 49.6 Å². The molecule has 1 aliphatic heterocycles. The molecule has 0 atom stereocenters. The van der Waals surface area contributed by atoms with Crippen molar-refractivity contribution >= 4 is 29.3 Å². The van der Waals surface area contributed by atoms with Gasteiger partial charge in [0.15, 0.2) is 0 Å². The molecule has 0 radical (unpaired) electrons. The maximum Gasteiger partial charge on any atom is 0.133 e. The van der Waals surface area contributed by atoms with Gasteiger partial charge in [0, 0.05) is 31.9 Å². The highest BCUT2D eigenvalue weighted by molar-refractivity contribution is 6.33. The Balaban J connectivity index is 2.00. The molecule has 0 saturated carbocycles.